The molecule has 0 atom stereocenters. The van der Waals surface area contributed by atoms with Crippen LogP contribution in [0.15, 0.2) is 77.7 Å². The van der Waals surface area contributed by atoms with Crippen molar-refractivity contribution in [2.45, 2.75) is 24.8 Å². The molecule has 0 fully saturated rings. The maximum absolute atomic E-state index is 12.5. The number of hydrogen-bond acceptors (Lipinski definition) is 5. The van der Waals surface area contributed by atoms with Crippen LogP contribution in [0.4, 0.5) is 0 Å². The van der Waals surface area contributed by atoms with E-state index in [0.29, 0.717) is 35.4 Å². The number of carbonyl (C=O) groups excluding carboxylic acids is 2. The Morgan fingerprint density at radius 2 is 1.49 bits per heavy atom. The minimum atomic E-state index is -3.73. The first-order chi connectivity index (χ1) is 16.8. The van der Waals surface area contributed by atoms with Gasteiger partial charge in [0.05, 0.1) is 4.90 Å². The minimum absolute atomic E-state index is 0.0692. The maximum Gasteiger partial charge on any atom is 0.251 e. The minimum Gasteiger partial charge on any atom is -0.481 e. The second-order valence-electron chi connectivity index (χ2n) is 7.74. The Labute approximate surface area is 205 Å². The molecule has 180 valence electrons. The second kappa shape index (κ2) is 12.0. The van der Waals surface area contributed by atoms with E-state index in [1.165, 1.54) is 31.2 Å². The molecule has 0 spiro atoms. The van der Waals surface area contributed by atoms with Crippen molar-refractivity contribution in [3.63, 3.8) is 0 Å². The van der Waals surface area contributed by atoms with E-state index in [-0.39, 0.29) is 29.7 Å². The fraction of sp³-hybridized carbons (Fsp3) is 0.185. The van der Waals surface area contributed by atoms with E-state index >= 15 is 0 Å². The van der Waals surface area contributed by atoms with E-state index < -0.39 is 10.0 Å². The molecular weight excluding hydrogens is 464 g/mol. The van der Waals surface area contributed by atoms with E-state index in [1.54, 1.807) is 24.3 Å². The molecule has 3 aromatic carbocycles. The van der Waals surface area contributed by atoms with Crippen molar-refractivity contribution in [3.8, 4) is 18.1 Å². The average molecular weight is 491 g/mol. The van der Waals surface area contributed by atoms with Crippen molar-refractivity contribution in [2.75, 3.05) is 13.2 Å². The number of carbonyl (C=O) groups is 2. The molecule has 0 unspecified atom stereocenters. The van der Waals surface area contributed by atoms with Gasteiger partial charge in [0.2, 0.25) is 10.0 Å². The molecule has 0 aromatic heterocycles. The van der Waals surface area contributed by atoms with Crippen LogP contribution in [0.2, 0.25) is 0 Å². The molecule has 0 aliphatic carbocycles. The molecule has 8 heteroatoms. The van der Waals surface area contributed by atoms with Crippen LogP contribution >= 0.6 is 0 Å². The molecule has 0 saturated heterocycles. The topological polar surface area (TPSA) is 102 Å². The van der Waals surface area contributed by atoms with Crippen LogP contribution in [0.1, 0.15) is 38.8 Å². The van der Waals surface area contributed by atoms with Gasteiger partial charge >= 0.3 is 0 Å². The van der Waals surface area contributed by atoms with E-state index in [4.69, 9.17) is 11.2 Å². The molecule has 0 aliphatic heterocycles. The predicted octanol–water partition coefficient (Wildman–Crippen LogP) is 3.35. The van der Waals surface area contributed by atoms with Crippen LogP contribution in [-0.2, 0) is 23.0 Å². The number of hydrogen-bond donors (Lipinski definition) is 2. The van der Waals surface area contributed by atoms with Crippen molar-refractivity contribution in [1.82, 2.24) is 10.0 Å². The number of sulfonamides is 1. The summed E-state index contributed by atoms with van der Waals surface area (Å²) in [7, 11) is -3.73. The lowest BCUT2D eigenvalue weighted by Crippen LogP contribution is -2.26. The summed E-state index contributed by atoms with van der Waals surface area (Å²) in [4.78, 5) is 23.8. The Hall–Kier alpha value is -3.93. The lowest BCUT2D eigenvalue weighted by molar-refractivity contribution is 0.0953. The summed E-state index contributed by atoms with van der Waals surface area (Å²) in [5.74, 6) is 2.77. The number of ketones is 1. The predicted molar refractivity (Wildman–Crippen MR) is 134 cm³/mol. The largest absolute Gasteiger partial charge is 0.481 e. The summed E-state index contributed by atoms with van der Waals surface area (Å²) in [6, 6.07) is 20.0. The number of rotatable bonds is 11. The molecule has 35 heavy (non-hydrogen) atoms. The molecule has 3 aromatic rings. The SMILES string of the molecule is C#CCOc1ccc(CCNC(=O)c2ccc(CNS(=O)(=O)c3ccc(C(C)=O)cc3)cc2)cc1. The lowest BCUT2D eigenvalue weighted by Gasteiger charge is -2.09. The summed E-state index contributed by atoms with van der Waals surface area (Å²) in [5, 5.41) is 2.87. The standard InChI is InChI=1S/C27H26N2O5S/c1-3-18-34-25-12-6-21(7-13-25)16-17-28-27(31)24-8-4-22(5-9-24)19-29-35(32,33)26-14-10-23(11-15-26)20(2)30/h1,4-15,29H,16-19H2,2H3,(H,28,31). The summed E-state index contributed by atoms with van der Waals surface area (Å²) in [6.07, 6.45) is 5.83. The number of benzene rings is 3. The van der Waals surface area contributed by atoms with Crippen molar-refractivity contribution in [2.24, 2.45) is 0 Å². The fourth-order valence-corrected chi connectivity index (χ4v) is 4.22. The van der Waals surface area contributed by atoms with Crippen molar-refractivity contribution < 1.29 is 22.7 Å². The molecule has 3 rings (SSSR count). The number of nitrogens with one attached hydrogen (secondary N) is 2. The monoisotopic (exact) mass is 490 g/mol. The maximum atomic E-state index is 12.5. The summed E-state index contributed by atoms with van der Waals surface area (Å²) in [6.45, 7) is 2.17. The van der Waals surface area contributed by atoms with Gasteiger partial charge in [-0.1, -0.05) is 42.3 Å². The Balaban J connectivity index is 1.47. The molecular formula is C27H26N2O5S. The first kappa shape index (κ1) is 25.7. The highest BCUT2D eigenvalue weighted by molar-refractivity contribution is 7.89. The molecule has 0 saturated carbocycles. The number of terminal acetylenes is 1. The Kier molecular flexibility index (Phi) is 8.79. The van der Waals surface area contributed by atoms with Gasteiger partial charge in [-0.3, -0.25) is 9.59 Å². The average Bonchev–Trinajstić information content (AvgIpc) is 2.87. The zero-order chi connectivity index (χ0) is 25.3. The van der Waals surface area contributed by atoms with Crippen molar-refractivity contribution in [3.05, 3.63) is 95.1 Å². The highest BCUT2D eigenvalue weighted by Gasteiger charge is 2.14. The quantitative estimate of drug-likeness (QED) is 0.317. The van der Waals surface area contributed by atoms with Gasteiger partial charge in [-0.25, -0.2) is 13.1 Å². The summed E-state index contributed by atoms with van der Waals surface area (Å²) < 4.78 is 32.8. The third-order valence-electron chi connectivity index (χ3n) is 5.20. The van der Waals surface area contributed by atoms with Gasteiger partial charge in [0.1, 0.15) is 12.4 Å². The van der Waals surface area contributed by atoms with Gasteiger partial charge in [0.15, 0.2) is 5.78 Å². The molecule has 7 nitrogen and oxygen atoms in total. The fourth-order valence-electron chi connectivity index (χ4n) is 3.20. The van der Waals surface area contributed by atoms with E-state index in [9.17, 15) is 18.0 Å². The molecule has 2 N–H and O–H groups in total. The van der Waals surface area contributed by atoms with Gasteiger partial charge in [0, 0.05) is 24.2 Å². The van der Waals surface area contributed by atoms with Gasteiger partial charge in [0.25, 0.3) is 5.91 Å². The lowest BCUT2D eigenvalue weighted by atomic mass is 10.1. The van der Waals surface area contributed by atoms with E-state index in [1.807, 2.05) is 24.3 Å². The zero-order valence-electron chi connectivity index (χ0n) is 19.3. The molecule has 0 heterocycles. The zero-order valence-corrected chi connectivity index (χ0v) is 20.1. The summed E-state index contributed by atoms with van der Waals surface area (Å²) >= 11 is 0. The molecule has 0 radical (unpaired) electrons. The van der Waals surface area contributed by atoms with E-state index in [0.717, 1.165) is 5.56 Å². The smallest absolute Gasteiger partial charge is 0.251 e. The van der Waals surface area contributed by atoms with Gasteiger partial charge in [-0.15, -0.1) is 6.42 Å². The first-order valence-electron chi connectivity index (χ1n) is 10.9. The Morgan fingerprint density at radius 1 is 0.886 bits per heavy atom. The van der Waals surface area contributed by atoms with Gasteiger partial charge in [-0.05, 0) is 60.9 Å². The van der Waals surface area contributed by atoms with Gasteiger partial charge < -0.3 is 10.1 Å². The van der Waals surface area contributed by atoms with Crippen molar-refractivity contribution >= 4 is 21.7 Å². The normalized spacial score (nSPS) is 10.9. The highest BCUT2D eigenvalue weighted by Crippen LogP contribution is 2.14. The Bertz CT molecular complexity index is 1310. The first-order valence-corrected chi connectivity index (χ1v) is 12.4. The van der Waals surface area contributed by atoms with Crippen LogP contribution in [-0.4, -0.2) is 33.3 Å². The van der Waals surface area contributed by atoms with E-state index in [2.05, 4.69) is 16.0 Å². The van der Waals surface area contributed by atoms with Crippen LogP contribution in [0, 0.1) is 12.3 Å². The molecule has 0 bridgehead atoms. The second-order valence-corrected chi connectivity index (χ2v) is 9.51. The third-order valence-corrected chi connectivity index (χ3v) is 6.62. The third kappa shape index (κ3) is 7.54. The molecule has 1 amide bonds. The van der Waals surface area contributed by atoms with Gasteiger partial charge in [-0.2, -0.15) is 0 Å². The highest BCUT2D eigenvalue weighted by atomic mass is 32.2. The number of ether oxygens (including phenoxy) is 1. The van der Waals surface area contributed by atoms with Crippen molar-refractivity contribution in [1.29, 1.82) is 0 Å². The van der Waals surface area contributed by atoms with Crippen LogP contribution in [0.3, 0.4) is 0 Å². The number of amides is 1. The number of Topliss-reactive ketones (excluding diaryl/α,β-unsaturated/α-hetero) is 1. The Morgan fingerprint density at radius 3 is 2.09 bits per heavy atom. The van der Waals surface area contributed by atoms with Crippen LogP contribution in [0.25, 0.3) is 0 Å². The summed E-state index contributed by atoms with van der Waals surface area (Å²) in [5.41, 5.74) is 2.69. The molecule has 0 aliphatic rings. The van der Waals surface area contributed by atoms with Crippen LogP contribution < -0.4 is 14.8 Å². The van der Waals surface area contributed by atoms with Crippen LogP contribution in [0.5, 0.6) is 5.75 Å².